The lowest BCUT2D eigenvalue weighted by Crippen LogP contribution is -2.12. The van der Waals surface area contributed by atoms with Crippen molar-refractivity contribution < 1.29 is 0 Å². The Kier molecular flexibility index (Phi) is 3.97. The second kappa shape index (κ2) is 4.86. The molecule has 0 saturated heterocycles. The van der Waals surface area contributed by atoms with E-state index in [-0.39, 0.29) is 5.38 Å². The molecule has 0 radical (unpaired) electrons. The Hall–Kier alpha value is 0.950. The maximum atomic E-state index is 6.37. The van der Waals surface area contributed by atoms with E-state index in [1.807, 2.05) is 0 Å². The Labute approximate surface area is 110 Å². The average Bonchev–Trinajstić information content (AvgIpc) is 2.40. The lowest BCUT2D eigenvalue weighted by molar-refractivity contribution is 0.294. The molecule has 0 spiro atoms. The summed E-state index contributed by atoms with van der Waals surface area (Å²) in [5, 5.41) is 0.202. The number of halogens is 3. The second-order valence-electron chi connectivity index (χ2n) is 3.77. The zero-order valence-electron chi connectivity index (χ0n) is 7.60. The first-order valence-electron chi connectivity index (χ1n) is 4.75. The van der Waals surface area contributed by atoms with Crippen molar-refractivity contribution in [1.82, 2.24) is 0 Å². The van der Waals surface area contributed by atoms with Crippen molar-refractivity contribution in [1.29, 1.82) is 0 Å². The van der Waals surface area contributed by atoms with Gasteiger partial charge in [-0.05, 0) is 50.3 Å². The predicted octanol–water partition coefficient (Wildman–Crippen LogP) is 5.74. The van der Waals surface area contributed by atoms with Crippen LogP contribution in [0, 0.1) is 5.92 Å². The van der Waals surface area contributed by atoms with Crippen molar-refractivity contribution in [2.45, 2.75) is 31.1 Å². The van der Waals surface area contributed by atoms with Gasteiger partial charge in [-0.15, -0.1) is 22.9 Å². The molecule has 1 fully saturated rings. The second-order valence-corrected chi connectivity index (χ2v) is 7.55. The fourth-order valence-corrected chi connectivity index (χ4v) is 4.18. The van der Waals surface area contributed by atoms with Gasteiger partial charge >= 0.3 is 0 Å². The third-order valence-corrected chi connectivity index (χ3v) is 6.65. The van der Waals surface area contributed by atoms with Crippen LogP contribution < -0.4 is 0 Å². The Balaban J connectivity index is 1.98. The molecule has 1 aromatic heterocycles. The van der Waals surface area contributed by atoms with Gasteiger partial charge in [-0.25, -0.2) is 0 Å². The molecular formula is C10H11Br2ClS. The summed E-state index contributed by atoms with van der Waals surface area (Å²) >= 11 is 15.1. The lowest BCUT2D eigenvalue weighted by atomic mass is 9.82. The van der Waals surface area contributed by atoms with Gasteiger partial charge in [-0.2, -0.15) is 0 Å². The van der Waals surface area contributed by atoms with Crippen LogP contribution in [0.15, 0.2) is 14.3 Å². The maximum absolute atomic E-state index is 6.37. The summed E-state index contributed by atoms with van der Waals surface area (Å²) in [6, 6.07) is 2.13. The summed E-state index contributed by atoms with van der Waals surface area (Å²) in [6.07, 6.45) is 5.28. The highest BCUT2D eigenvalue weighted by Crippen LogP contribution is 2.43. The van der Waals surface area contributed by atoms with Gasteiger partial charge < -0.3 is 0 Å². The summed E-state index contributed by atoms with van der Waals surface area (Å²) in [4.78, 5) is 1.28. The molecule has 0 amide bonds. The molecule has 0 N–H and O–H groups in total. The smallest absolute Gasteiger partial charge is 0.0843 e. The standard InChI is InChI=1S/C10H11Br2ClS/c11-7-5-9(14-10(7)12)8(13)4-6-2-1-3-6/h5-6,8H,1-4H2. The largest absolute Gasteiger partial charge is 0.131 e. The molecule has 1 saturated carbocycles. The minimum absolute atomic E-state index is 0.202. The van der Waals surface area contributed by atoms with Gasteiger partial charge in [0.05, 0.1) is 9.16 Å². The highest BCUT2D eigenvalue weighted by atomic mass is 79.9. The molecule has 2 rings (SSSR count). The topological polar surface area (TPSA) is 0 Å². The minimum atomic E-state index is 0.202. The van der Waals surface area contributed by atoms with Gasteiger partial charge in [0.2, 0.25) is 0 Å². The molecule has 0 aromatic carbocycles. The third-order valence-electron chi connectivity index (χ3n) is 2.74. The van der Waals surface area contributed by atoms with Gasteiger partial charge in [0.1, 0.15) is 0 Å². The first kappa shape index (κ1) is 11.4. The Morgan fingerprint density at radius 1 is 1.50 bits per heavy atom. The molecule has 1 atom stereocenters. The molecule has 0 nitrogen and oxygen atoms in total. The van der Waals surface area contributed by atoms with Crippen LogP contribution in [0.2, 0.25) is 0 Å². The average molecular weight is 359 g/mol. The van der Waals surface area contributed by atoms with Crippen molar-refractivity contribution in [3.63, 3.8) is 0 Å². The van der Waals surface area contributed by atoms with E-state index in [0.29, 0.717) is 0 Å². The normalized spacial score (nSPS) is 19.4. The zero-order chi connectivity index (χ0) is 10.1. The summed E-state index contributed by atoms with van der Waals surface area (Å²) < 4.78 is 2.27. The summed E-state index contributed by atoms with van der Waals surface area (Å²) in [5.74, 6) is 0.872. The summed E-state index contributed by atoms with van der Waals surface area (Å²) in [6.45, 7) is 0. The van der Waals surface area contributed by atoms with E-state index in [1.54, 1.807) is 11.3 Å². The molecular weight excluding hydrogens is 347 g/mol. The van der Waals surface area contributed by atoms with Crippen LogP contribution in [0.5, 0.6) is 0 Å². The molecule has 0 bridgehead atoms. The van der Waals surface area contributed by atoms with Gasteiger partial charge in [-0.1, -0.05) is 19.3 Å². The lowest BCUT2D eigenvalue weighted by Gasteiger charge is -2.26. The van der Waals surface area contributed by atoms with Crippen molar-refractivity contribution in [2.75, 3.05) is 0 Å². The number of hydrogen-bond acceptors (Lipinski definition) is 1. The van der Waals surface area contributed by atoms with Crippen molar-refractivity contribution in [2.24, 2.45) is 5.92 Å². The fraction of sp³-hybridized carbons (Fsp3) is 0.600. The third kappa shape index (κ3) is 2.55. The van der Waals surface area contributed by atoms with Gasteiger partial charge in [-0.3, -0.25) is 0 Å². The van der Waals surface area contributed by atoms with Crippen LogP contribution >= 0.6 is 54.8 Å². The quantitative estimate of drug-likeness (QED) is 0.604. The first-order chi connectivity index (χ1) is 6.66. The van der Waals surface area contributed by atoms with Crippen LogP contribution in [0.1, 0.15) is 35.9 Å². The molecule has 1 aliphatic rings. The molecule has 1 heterocycles. The van der Waals surface area contributed by atoms with Crippen LogP contribution in [0.25, 0.3) is 0 Å². The van der Waals surface area contributed by atoms with Crippen LogP contribution in [0.4, 0.5) is 0 Å². The number of hydrogen-bond donors (Lipinski definition) is 0. The summed E-state index contributed by atoms with van der Waals surface area (Å²) in [7, 11) is 0. The highest BCUT2D eigenvalue weighted by Gasteiger charge is 2.23. The van der Waals surface area contributed by atoms with E-state index in [0.717, 1.165) is 20.6 Å². The first-order valence-corrected chi connectivity index (χ1v) is 7.59. The minimum Gasteiger partial charge on any atom is -0.131 e. The molecule has 14 heavy (non-hydrogen) atoms. The van der Waals surface area contributed by atoms with Crippen LogP contribution in [-0.2, 0) is 0 Å². The van der Waals surface area contributed by atoms with E-state index < -0.39 is 0 Å². The summed E-state index contributed by atoms with van der Waals surface area (Å²) in [5.41, 5.74) is 0. The molecule has 0 aliphatic heterocycles. The van der Waals surface area contributed by atoms with E-state index in [2.05, 4.69) is 37.9 Å². The van der Waals surface area contributed by atoms with E-state index >= 15 is 0 Å². The van der Waals surface area contributed by atoms with E-state index in [4.69, 9.17) is 11.6 Å². The molecule has 1 unspecified atom stereocenters. The molecule has 4 heteroatoms. The highest BCUT2D eigenvalue weighted by molar-refractivity contribution is 9.13. The van der Waals surface area contributed by atoms with E-state index in [1.165, 1.54) is 24.1 Å². The van der Waals surface area contributed by atoms with Crippen LogP contribution in [0.3, 0.4) is 0 Å². The maximum Gasteiger partial charge on any atom is 0.0843 e. The fourth-order valence-electron chi connectivity index (χ4n) is 1.65. The van der Waals surface area contributed by atoms with Gasteiger partial charge in [0.25, 0.3) is 0 Å². The Morgan fingerprint density at radius 3 is 2.64 bits per heavy atom. The monoisotopic (exact) mass is 356 g/mol. The number of thiophene rings is 1. The van der Waals surface area contributed by atoms with Gasteiger partial charge in [0.15, 0.2) is 0 Å². The van der Waals surface area contributed by atoms with Crippen LogP contribution in [-0.4, -0.2) is 0 Å². The molecule has 1 aromatic rings. The molecule has 78 valence electrons. The van der Waals surface area contributed by atoms with Crippen molar-refractivity contribution in [3.8, 4) is 0 Å². The molecule has 1 aliphatic carbocycles. The predicted molar refractivity (Wildman–Crippen MR) is 70.3 cm³/mol. The number of rotatable bonds is 3. The zero-order valence-corrected chi connectivity index (χ0v) is 12.3. The van der Waals surface area contributed by atoms with Gasteiger partial charge in [0, 0.05) is 9.35 Å². The SMILES string of the molecule is ClC(CC1CCC1)c1cc(Br)c(Br)s1. The Morgan fingerprint density at radius 2 is 2.21 bits per heavy atom. The van der Waals surface area contributed by atoms with Crippen molar-refractivity contribution in [3.05, 3.63) is 19.2 Å². The number of alkyl halides is 1. The van der Waals surface area contributed by atoms with E-state index in [9.17, 15) is 0 Å². The van der Waals surface area contributed by atoms with Crippen molar-refractivity contribution >= 4 is 54.8 Å². The Bertz CT molecular complexity index is 300.